The third-order valence-corrected chi connectivity index (χ3v) is 5.61. The lowest BCUT2D eigenvalue weighted by molar-refractivity contribution is -0.159. The Bertz CT molecular complexity index is 1380. The summed E-state index contributed by atoms with van der Waals surface area (Å²) in [6, 6.07) is 10.9. The van der Waals surface area contributed by atoms with Gasteiger partial charge in [0.25, 0.3) is 5.91 Å². The normalized spacial score (nSPS) is 13.7. The van der Waals surface area contributed by atoms with E-state index in [2.05, 4.69) is 19.6 Å². The molecule has 0 fully saturated rings. The second-order valence-corrected chi connectivity index (χ2v) is 7.92. The summed E-state index contributed by atoms with van der Waals surface area (Å²) < 4.78 is 58.6. The SMILES string of the molecule is Cc1ccc(-c2cnc3n2CCN(C(=O)c2ccc(-c4noc(C(F)(F)F)n4)cc2)C3)c(F)c1. The molecule has 34 heavy (non-hydrogen) atoms. The van der Waals surface area contributed by atoms with Crippen molar-refractivity contribution in [3.63, 3.8) is 0 Å². The van der Waals surface area contributed by atoms with Crippen molar-refractivity contribution >= 4 is 5.91 Å². The molecule has 11 heteroatoms. The average molecular weight is 471 g/mol. The quantitative estimate of drug-likeness (QED) is 0.404. The third-order valence-electron chi connectivity index (χ3n) is 5.61. The first-order chi connectivity index (χ1) is 16.2. The molecular weight excluding hydrogens is 454 g/mol. The number of hydrogen-bond donors (Lipinski definition) is 0. The van der Waals surface area contributed by atoms with Crippen LogP contribution in [-0.2, 0) is 19.3 Å². The molecule has 0 saturated heterocycles. The number of fused-ring (bicyclic) bond motifs is 1. The van der Waals surface area contributed by atoms with E-state index >= 15 is 0 Å². The minimum atomic E-state index is -4.73. The van der Waals surface area contributed by atoms with Gasteiger partial charge in [-0.1, -0.05) is 23.4 Å². The van der Waals surface area contributed by atoms with E-state index in [0.717, 1.165) is 5.56 Å². The van der Waals surface area contributed by atoms with E-state index in [1.54, 1.807) is 17.2 Å². The van der Waals surface area contributed by atoms with Crippen LogP contribution in [0.4, 0.5) is 17.6 Å². The van der Waals surface area contributed by atoms with Crippen molar-refractivity contribution in [2.45, 2.75) is 26.2 Å². The summed E-state index contributed by atoms with van der Waals surface area (Å²) in [5.74, 6) is -1.60. The lowest BCUT2D eigenvalue weighted by Gasteiger charge is -2.29. The van der Waals surface area contributed by atoms with E-state index < -0.39 is 12.1 Å². The number of hydrogen-bond acceptors (Lipinski definition) is 5. The van der Waals surface area contributed by atoms with Crippen LogP contribution in [0.2, 0.25) is 0 Å². The zero-order valence-electron chi connectivity index (χ0n) is 17.8. The molecule has 0 bridgehead atoms. The second-order valence-electron chi connectivity index (χ2n) is 7.92. The van der Waals surface area contributed by atoms with Gasteiger partial charge in [-0.25, -0.2) is 9.37 Å². The Labute approximate surface area is 190 Å². The Balaban J connectivity index is 1.32. The van der Waals surface area contributed by atoms with Crippen LogP contribution in [0.15, 0.2) is 53.2 Å². The van der Waals surface area contributed by atoms with E-state index in [4.69, 9.17) is 0 Å². The molecule has 4 aromatic rings. The standard InChI is InChI=1S/C23H17F4N5O2/c1-13-2-7-16(17(24)10-13)18-11-28-19-12-31(8-9-32(18)19)21(33)15-5-3-14(4-6-15)20-29-22(34-30-20)23(25,26)27/h2-7,10-11H,8-9,12H2,1H3. The number of imidazole rings is 1. The highest BCUT2D eigenvalue weighted by Crippen LogP contribution is 2.30. The number of carbonyl (C=O) groups is 1. The predicted molar refractivity (Wildman–Crippen MR) is 112 cm³/mol. The molecular formula is C23H17F4N5O2. The van der Waals surface area contributed by atoms with E-state index in [1.165, 1.54) is 30.3 Å². The smallest absolute Gasteiger partial charge is 0.329 e. The van der Waals surface area contributed by atoms with Gasteiger partial charge in [-0.05, 0) is 36.8 Å². The number of rotatable bonds is 3. The highest BCUT2D eigenvalue weighted by atomic mass is 19.4. The summed E-state index contributed by atoms with van der Waals surface area (Å²) in [6.45, 7) is 2.90. The van der Waals surface area contributed by atoms with Gasteiger partial charge < -0.3 is 14.0 Å². The molecule has 0 radical (unpaired) electrons. The molecule has 2 aromatic heterocycles. The maximum Gasteiger partial charge on any atom is 0.471 e. The van der Waals surface area contributed by atoms with Crippen LogP contribution in [0, 0.1) is 12.7 Å². The van der Waals surface area contributed by atoms with Crippen LogP contribution in [0.25, 0.3) is 22.6 Å². The first-order valence-electron chi connectivity index (χ1n) is 10.3. The number of alkyl halides is 3. The van der Waals surface area contributed by atoms with Crippen LogP contribution in [0.3, 0.4) is 0 Å². The molecule has 3 heterocycles. The van der Waals surface area contributed by atoms with Crippen LogP contribution < -0.4 is 0 Å². The number of carbonyl (C=O) groups excluding carboxylic acids is 1. The Kier molecular flexibility index (Phi) is 5.18. The van der Waals surface area contributed by atoms with E-state index in [0.29, 0.717) is 35.7 Å². The van der Waals surface area contributed by atoms with Gasteiger partial charge in [0, 0.05) is 29.8 Å². The molecule has 7 nitrogen and oxygen atoms in total. The summed E-state index contributed by atoms with van der Waals surface area (Å²) in [7, 11) is 0. The molecule has 0 atom stereocenters. The second kappa shape index (κ2) is 8.08. The van der Waals surface area contributed by atoms with Gasteiger partial charge in [0.2, 0.25) is 5.82 Å². The minimum Gasteiger partial charge on any atom is -0.329 e. The van der Waals surface area contributed by atoms with Crippen molar-refractivity contribution in [1.82, 2.24) is 24.6 Å². The maximum atomic E-state index is 14.4. The number of benzene rings is 2. The van der Waals surface area contributed by atoms with E-state index in [1.807, 2.05) is 17.6 Å². The van der Waals surface area contributed by atoms with Gasteiger partial charge in [-0.3, -0.25) is 4.79 Å². The van der Waals surface area contributed by atoms with E-state index in [-0.39, 0.29) is 29.7 Å². The molecule has 0 N–H and O–H groups in total. The van der Waals surface area contributed by atoms with E-state index in [9.17, 15) is 22.4 Å². The number of nitrogens with zero attached hydrogens (tertiary/aromatic N) is 5. The first kappa shape index (κ1) is 21.8. The molecule has 2 aromatic carbocycles. The highest BCUT2D eigenvalue weighted by Gasteiger charge is 2.38. The van der Waals surface area contributed by atoms with Gasteiger partial charge in [-0.2, -0.15) is 18.2 Å². The summed E-state index contributed by atoms with van der Waals surface area (Å²) in [6.07, 6.45) is -3.13. The predicted octanol–water partition coefficient (Wildman–Crippen LogP) is 4.72. The number of halogens is 4. The molecule has 0 spiro atoms. The molecule has 1 aliphatic heterocycles. The molecule has 174 valence electrons. The third kappa shape index (κ3) is 3.93. The number of aromatic nitrogens is 4. The van der Waals surface area contributed by atoms with Crippen molar-refractivity contribution < 1.29 is 26.9 Å². The summed E-state index contributed by atoms with van der Waals surface area (Å²) in [5.41, 5.74) is 2.57. The largest absolute Gasteiger partial charge is 0.471 e. The van der Waals surface area contributed by atoms with Crippen molar-refractivity contribution in [3.05, 3.63) is 77.3 Å². The molecule has 0 unspecified atom stereocenters. The van der Waals surface area contributed by atoms with Gasteiger partial charge >= 0.3 is 12.1 Å². The maximum absolute atomic E-state index is 14.4. The Morgan fingerprint density at radius 2 is 1.85 bits per heavy atom. The fraction of sp³-hybridized carbons (Fsp3) is 0.217. The number of aryl methyl sites for hydroxylation is 1. The zero-order valence-corrected chi connectivity index (χ0v) is 17.8. The lowest BCUT2D eigenvalue weighted by atomic mass is 10.1. The Morgan fingerprint density at radius 3 is 2.53 bits per heavy atom. The van der Waals surface area contributed by atoms with Crippen molar-refractivity contribution in [2.75, 3.05) is 6.54 Å². The summed E-state index contributed by atoms with van der Waals surface area (Å²) >= 11 is 0. The van der Waals surface area contributed by atoms with Crippen LogP contribution in [0.5, 0.6) is 0 Å². The minimum absolute atomic E-state index is 0.220. The number of amides is 1. The molecule has 0 aliphatic carbocycles. The van der Waals surface area contributed by atoms with Crippen molar-refractivity contribution in [1.29, 1.82) is 0 Å². The van der Waals surface area contributed by atoms with Crippen LogP contribution in [-0.4, -0.2) is 37.0 Å². The van der Waals surface area contributed by atoms with Gasteiger partial charge in [0.1, 0.15) is 11.6 Å². The highest BCUT2D eigenvalue weighted by molar-refractivity contribution is 5.94. The van der Waals surface area contributed by atoms with Crippen molar-refractivity contribution in [2.24, 2.45) is 0 Å². The molecule has 5 rings (SSSR count). The lowest BCUT2D eigenvalue weighted by Crippen LogP contribution is -2.38. The average Bonchev–Trinajstić information content (AvgIpc) is 3.46. The monoisotopic (exact) mass is 471 g/mol. The Hall–Kier alpha value is -4.02. The van der Waals surface area contributed by atoms with Crippen molar-refractivity contribution in [3.8, 4) is 22.6 Å². The zero-order chi connectivity index (χ0) is 24.0. The van der Waals surface area contributed by atoms with Crippen LogP contribution in [0.1, 0.15) is 27.6 Å². The van der Waals surface area contributed by atoms with Gasteiger partial charge in [0.05, 0.1) is 18.4 Å². The fourth-order valence-electron chi connectivity index (χ4n) is 3.88. The topological polar surface area (TPSA) is 77.0 Å². The van der Waals surface area contributed by atoms with Crippen LogP contribution >= 0.6 is 0 Å². The van der Waals surface area contributed by atoms with Gasteiger partial charge in [0.15, 0.2) is 0 Å². The van der Waals surface area contributed by atoms with Gasteiger partial charge in [-0.15, -0.1) is 0 Å². The Morgan fingerprint density at radius 1 is 1.09 bits per heavy atom. The first-order valence-corrected chi connectivity index (χ1v) is 10.3. The molecule has 0 saturated carbocycles. The summed E-state index contributed by atoms with van der Waals surface area (Å²) in [4.78, 5) is 22.3. The molecule has 1 aliphatic rings. The fourth-order valence-corrected chi connectivity index (χ4v) is 3.88. The molecule has 1 amide bonds. The summed E-state index contributed by atoms with van der Waals surface area (Å²) in [5, 5.41) is 3.34.